The van der Waals surface area contributed by atoms with Crippen molar-refractivity contribution in [3.05, 3.63) is 42.2 Å². The Morgan fingerprint density at radius 3 is 2.29 bits per heavy atom. The van der Waals surface area contributed by atoms with Crippen LogP contribution in [0.4, 0.5) is 21.7 Å². The maximum Gasteiger partial charge on any atom is 0.225 e. The zero-order valence-electron chi connectivity index (χ0n) is 11.9. The molecule has 2 rings (SSSR count). The summed E-state index contributed by atoms with van der Waals surface area (Å²) in [6, 6.07) is 9.29. The average molecular weight is 288 g/mol. The average Bonchev–Trinajstić information content (AvgIpc) is 2.42. The molecule has 0 aliphatic carbocycles. The quantitative estimate of drug-likeness (QED) is 0.885. The Kier molecular flexibility index (Phi) is 4.81. The number of rotatable bonds is 5. The van der Waals surface area contributed by atoms with E-state index in [1.807, 2.05) is 13.8 Å². The molecule has 0 unspecified atom stereocenters. The molecule has 1 amide bonds. The fourth-order valence-electron chi connectivity index (χ4n) is 1.71. The van der Waals surface area contributed by atoms with Crippen LogP contribution < -0.4 is 10.6 Å². The van der Waals surface area contributed by atoms with Crippen LogP contribution in [0.5, 0.6) is 0 Å². The molecule has 1 aromatic carbocycles. The summed E-state index contributed by atoms with van der Waals surface area (Å²) in [5.74, 6) is 0.833. The second-order valence-corrected chi connectivity index (χ2v) is 5.08. The normalized spacial score (nSPS) is 10.5. The lowest BCUT2D eigenvalue weighted by molar-refractivity contribution is -0.116. The first-order valence-electron chi connectivity index (χ1n) is 6.69. The highest BCUT2D eigenvalue weighted by Gasteiger charge is 2.06. The minimum atomic E-state index is -0.296. The van der Waals surface area contributed by atoms with Gasteiger partial charge in [0.05, 0.1) is 0 Å². The second-order valence-electron chi connectivity index (χ2n) is 5.08. The third-order valence-corrected chi connectivity index (χ3v) is 2.64. The van der Waals surface area contributed by atoms with Gasteiger partial charge in [-0.1, -0.05) is 13.8 Å². The molecule has 0 radical (unpaired) electrons. The largest absolute Gasteiger partial charge is 0.339 e. The first-order chi connectivity index (χ1) is 10.0. The number of benzene rings is 1. The molecule has 0 aliphatic rings. The van der Waals surface area contributed by atoms with Gasteiger partial charge in [0, 0.05) is 12.1 Å². The van der Waals surface area contributed by atoms with Gasteiger partial charge in [-0.05, 0) is 42.3 Å². The van der Waals surface area contributed by atoms with Crippen molar-refractivity contribution in [3.63, 3.8) is 0 Å². The molecule has 110 valence electrons. The monoisotopic (exact) mass is 288 g/mol. The Balaban J connectivity index is 1.95. The molecule has 0 saturated carbocycles. The standard InChI is InChI=1S/C15H17FN4O/c1-10(2)9-15(21)18-14-8-7-13(19-20-14)17-12-5-3-11(16)4-6-12/h3-8,10H,9H2,1-2H3,(H,17,19)(H,18,20,21). The topological polar surface area (TPSA) is 66.9 Å². The zero-order valence-corrected chi connectivity index (χ0v) is 11.9. The van der Waals surface area contributed by atoms with Crippen molar-refractivity contribution in [1.82, 2.24) is 10.2 Å². The Morgan fingerprint density at radius 1 is 1.10 bits per heavy atom. The molecular weight excluding hydrogens is 271 g/mol. The Morgan fingerprint density at radius 2 is 1.71 bits per heavy atom. The smallest absolute Gasteiger partial charge is 0.225 e. The molecular formula is C15H17FN4O. The van der Waals surface area contributed by atoms with Crippen molar-refractivity contribution in [2.75, 3.05) is 10.6 Å². The van der Waals surface area contributed by atoms with Gasteiger partial charge in [-0.15, -0.1) is 10.2 Å². The summed E-state index contributed by atoms with van der Waals surface area (Å²) < 4.78 is 12.8. The number of hydrogen-bond donors (Lipinski definition) is 2. The molecule has 0 atom stereocenters. The number of halogens is 1. The van der Waals surface area contributed by atoms with E-state index in [-0.39, 0.29) is 17.6 Å². The van der Waals surface area contributed by atoms with E-state index in [9.17, 15) is 9.18 Å². The molecule has 2 N–H and O–H groups in total. The van der Waals surface area contributed by atoms with E-state index in [1.165, 1.54) is 12.1 Å². The van der Waals surface area contributed by atoms with Crippen molar-refractivity contribution < 1.29 is 9.18 Å². The van der Waals surface area contributed by atoms with E-state index in [0.29, 0.717) is 23.7 Å². The molecule has 0 saturated heterocycles. The van der Waals surface area contributed by atoms with E-state index in [0.717, 1.165) is 0 Å². The highest BCUT2D eigenvalue weighted by Crippen LogP contribution is 2.15. The van der Waals surface area contributed by atoms with Crippen molar-refractivity contribution in [1.29, 1.82) is 0 Å². The van der Waals surface area contributed by atoms with Gasteiger partial charge in [-0.3, -0.25) is 4.79 Å². The summed E-state index contributed by atoms with van der Waals surface area (Å²) in [7, 11) is 0. The predicted octanol–water partition coefficient (Wildman–Crippen LogP) is 3.34. The SMILES string of the molecule is CC(C)CC(=O)Nc1ccc(Nc2ccc(F)cc2)nn1. The highest BCUT2D eigenvalue weighted by molar-refractivity contribution is 5.89. The van der Waals surface area contributed by atoms with Gasteiger partial charge in [0.2, 0.25) is 5.91 Å². The summed E-state index contributed by atoms with van der Waals surface area (Å²) in [6.07, 6.45) is 0.442. The van der Waals surface area contributed by atoms with E-state index < -0.39 is 0 Å². The molecule has 0 aliphatic heterocycles. The van der Waals surface area contributed by atoms with Crippen LogP contribution in [0.15, 0.2) is 36.4 Å². The van der Waals surface area contributed by atoms with E-state index in [4.69, 9.17) is 0 Å². The molecule has 1 aromatic heterocycles. The number of anilines is 3. The van der Waals surface area contributed by atoms with Crippen molar-refractivity contribution in [3.8, 4) is 0 Å². The van der Waals surface area contributed by atoms with E-state index >= 15 is 0 Å². The Labute approximate surface area is 122 Å². The summed E-state index contributed by atoms with van der Waals surface area (Å²) in [6.45, 7) is 3.95. The third-order valence-electron chi connectivity index (χ3n) is 2.64. The highest BCUT2D eigenvalue weighted by atomic mass is 19.1. The molecule has 1 heterocycles. The zero-order chi connectivity index (χ0) is 15.2. The first-order valence-corrected chi connectivity index (χ1v) is 6.69. The molecule has 21 heavy (non-hydrogen) atoms. The van der Waals surface area contributed by atoms with Crippen molar-refractivity contribution in [2.24, 2.45) is 5.92 Å². The molecule has 0 bridgehead atoms. The summed E-state index contributed by atoms with van der Waals surface area (Å²) in [5, 5.41) is 13.6. The van der Waals surface area contributed by atoms with Gasteiger partial charge >= 0.3 is 0 Å². The Bertz CT molecular complexity index is 596. The molecule has 2 aromatic rings. The molecule has 6 heteroatoms. The first kappa shape index (κ1) is 14.9. The van der Waals surface area contributed by atoms with Crippen LogP contribution >= 0.6 is 0 Å². The van der Waals surface area contributed by atoms with E-state index in [2.05, 4.69) is 20.8 Å². The molecule has 0 spiro atoms. The lowest BCUT2D eigenvalue weighted by Gasteiger charge is -2.07. The number of carbonyl (C=O) groups is 1. The van der Waals surface area contributed by atoms with Gasteiger partial charge < -0.3 is 10.6 Å². The maximum absolute atomic E-state index is 12.8. The number of amides is 1. The summed E-state index contributed by atoms with van der Waals surface area (Å²) in [4.78, 5) is 11.6. The Hall–Kier alpha value is -2.50. The van der Waals surface area contributed by atoms with Gasteiger partial charge in [-0.2, -0.15) is 0 Å². The lowest BCUT2D eigenvalue weighted by Crippen LogP contribution is -2.15. The number of aromatic nitrogens is 2. The minimum Gasteiger partial charge on any atom is -0.339 e. The lowest BCUT2D eigenvalue weighted by atomic mass is 10.1. The van der Waals surface area contributed by atoms with Crippen LogP contribution in [0, 0.1) is 11.7 Å². The van der Waals surface area contributed by atoms with Crippen LogP contribution in [-0.2, 0) is 4.79 Å². The van der Waals surface area contributed by atoms with Crippen LogP contribution in [-0.4, -0.2) is 16.1 Å². The fraction of sp³-hybridized carbons (Fsp3) is 0.267. The third kappa shape index (κ3) is 4.83. The van der Waals surface area contributed by atoms with Crippen molar-refractivity contribution >= 4 is 23.2 Å². The van der Waals surface area contributed by atoms with Crippen molar-refractivity contribution in [2.45, 2.75) is 20.3 Å². The minimum absolute atomic E-state index is 0.0847. The van der Waals surface area contributed by atoms with Crippen LogP contribution in [0.25, 0.3) is 0 Å². The number of hydrogen-bond acceptors (Lipinski definition) is 4. The second kappa shape index (κ2) is 6.78. The van der Waals surface area contributed by atoms with Gasteiger partial charge in [0.25, 0.3) is 0 Å². The number of nitrogens with zero attached hydrogens (tertiary/aromatic N) is 2. The van der Waals surface area contributed by atoms with Gasteiger partial charge in [0.1, 0.15) is 5.82 Å². The van der Waals surface area contributed by atoms with Crippen LogP contribution in [0.2, 0.25) is 0 Å². The van der Waals surface area contributed by atoms with E-state index in [1.54, 1.807) is 24.3 Å². The number of nitrogens with one attached hydrogen (secondary N) is 2. The summed E-state index contributed by atoms with van der Waals surface area (Å²) >= 11 is 0. The van der Waals surface area contributed by atoms with Gasteiger partial charge in [-0.25, -0.2) is 4.39 Å². The summed E-state index contributed by atoms with van der Waals surface area (Å²) in [5.41, 5.74) is 0.710. The number of carbonyl (C=O) groups excluding carboxylic acids is 1. The maximum atomic E-state index is 12.8. The predicted molar refractivity (Wildman–Crippen MR) is 79.8 cm³/mol. The van der Waals surface area contributed by atoms with Crippen LogP contribution in [0.3, 0.4) is 0 Å². The molecule has 0 fully saturated rings. The van der Waals surface area contributed by atoms with Gasteiger partial charge in [0.15, 0.2) is 11.6 Å². The fourth-order valence-corrected chi connectivity index (χ4v) is 1.71. The van der Waals surface area contributed by atoms with Crippen LogP contribution in [0.1, 0.15) is 20.3 Å². The molecule has 5 nitrogen and oxygen atoms in total.